The van der Waals surface area contributed by atoms with Crippen molar-refractivity contribution in [3.8, 4) is 0 Å². The highest BCUT2D eigenvalue weighted by Crippen LogP contribution is 2.25. The van der Waals surface area contributed by atoms with Crippen molar-refractivity contribution in [1.29, 1.82) is 5.41 Å². The Kier molecular flexibility index (Phi) is 5.77. The monoisotopic (exact) mass is 354 g/mol. The predicted molar refractivity (Wildman–Crippen MR) is 103 cm³/mol. The number of hydrogen-bond acceptors (Lipinski definition) is 4. The lowest BCUT2D eigenvalue weighted by Gasteiger charge is -2.22. The maximum atomic E-state index is 12.5. The van der Waals surface area contributed by atoms with Crippen molar-refractivity contribution in [3.63, 3.8) is 0 Å². The largest absolute Gasteiger partial charge is 0.394 e. The molecule has 1 unspecified atom stereocenters. The molecule has 0 radical (unpaired) electrons. The molecule has 1 heterocycles. The first-order valence-corrected chi connectivity index (χ1v) is 8.44. The van der Waals surface area contributed by atoms with E-state index < -0.39 is 11.9 Å². The molecule has 0 aliphatic rings. The van der Waals surface area contributed by atoms with Gasteiger partial charge in [-0.3, -0.25) is 14.8 Å². The Hall–Kier alpha value is -2.73. The van der Waals surface area contributed by atoms with Crippen LogP contribution in [0.4, 0.5) is 0 Å². The van der Waals surface area contributed by atoms with Crippen molar-refractivity contribution in [2.45, 2.75) is 39.2 Å². The van der Waals surface area contributed by atoms with Gasteiger partial charge in [-0.2, -0.15) is 0 Å². The van der Waals surface area contributed by atoms with Crippen LogP contribution in [0.2, 0.25) is 0 Å². The fraction of sp³-hybridized carbons (Fsp3) is 0.350. The van der Waals surface area contributed by atoms with Crippen molar-refractivity contribution in [2.24, 2.45) is 0 Å². The average Bonchev–Trinajstić information content (AvgIpc) is 3.08. The summed E-state index contributed by atoms with van der Waals surface area (Å²) in [5.74, 6) is -0.230. The summed E-state index contributed by atoms with van der Waals surface area (Å²) in [7, 11) is 0. The van der Waals surface area contributed by atoms with E-state index in [4.69, 9.17) is 5.41 Å². The second kappa shape index (κ2) is 7.66. The van der Waals surface area contributed by atoms with Gasteiger partial charge in [-0.05, 0) is 29.0 Å². The SMILES string of the molecule is C=C(C)C(=N)n1cnc(C(=O)NC(CO)c2cccc(C(C)(C)C)c2)c1. The normalized spacial score (nSPS) is 12.5. The Balaban J connectivity index is 2.19. The van der Waals surface area contributed by atoms with Gasteiger partial charge in [0, 0.05) is 6.20 Å². The number of carbonyl (C=O) groups is 1. The number of benzene rings is 1. The molecule has 6 nitrogen and oxygen atoms in total. The Labute approximate surface area is 154 Å². The third-order valence-electron chi connectivity index (χ3n) is 4.12. The molecule has 1 aromatic carbocycles. The van der Waals surface area contributed by atoms with Crippen molar-refractivity contribution in [2.75, 3.05) is 6.61 Å². The summed E-state index contributed by atoms with van der Waals surface area (Å²) in [6.07, 6.45) is 2.88. The summed E-state index contributed by atoms with van der Waals surface area (Å²) in [6.45, 7) is 11.5. The molecular weight excluding hydrogens is 328 g/mol. The van der Waals surface area contributed by atoms with Crippen molar-refractivity contribution < 1.29 is 9.90 Å². The summed E-state index contributed by atoms with van der Waals surface area (Å²) in [5, 5.41) is 20.4. The van der Waals surface area contributed by atoms with Gasteiger partial charge in [0.15, 0.2) is 0 Å². The number of hydrogen-bond donors (Lipinski definition) is 3. The molecule has 1 atom stereocenters. The molecule has 0 fully saturated rings. The van der Waals surface area contributed by atoms with E-state index >= 15 is 0 Å². The summed E-state index contributed by atoms with van der Waals surface area (Å²) in [6, 6.07) is 7.30. The highest BCUT2D eigenvalue weighted by molar-refractivity contribution is 5.98. The molecule has 0 saturated carbocycles. The van der Waals surface area contributed by atoms with Gasteiger partial charge in [0.05, 0.1) is 12.6 Å². The van der Waals surface area contributed by atoms with E-state index in [0.717, 1.165) is 11.1 Å². The number of aliphatic hydroxyl groups excluding tert-OH is 1. The number of allylic oxidation sites excluding steroid dienone is 1. The highest BCUT2D eigenvalue weighted by Gasteiger charge is 2.20. The van der Waals surface area contributed by atoms with E-state index in [2.05, 4.69) is 37.7 Å². The lowest BCUT2D eigenvalue weighted by molar-refractivity contribution is 0.0911. The lowest BCUT2D eigenvalue weighted by atomic mass is 9.85. The van der Waals surface area contributed by atoms with Gasteiger partial charge in [0.1, 0.15) is 17.9 Å². The van der Waals surface area contributed by atoms with E-state index in [1.807, 2.05) is 24.3 Å². The van der Waals surface area contributed by atoms with Crippen LogP contribution in [0.25, 0.3) is 0 Å². The molecule has 138 valence electrons. The summed E-state index contributed by atoms with van der Waals surface area (Å²) in [5.41, 5.74) is 2.69. The number of imidazole rings is 1. The third kappa shape index (κ3) is 4.46. The summed E-state index contributed by atoms with van der Waals surface area (Å²) >= 11 is 0. The second-order valence-electron chi connectivity index (χ2n) is 7.38. The zero-order valence-electron chi connectivity index (χ0n) is 15.7. The smallest absolute Gasteiger partial charge is 0.272 e. The van der Waals surface area contributed by atoms with Crippen LogP contribution in [0.3, 0.4) is 0 Å². The average molecular weight is 354 g/mol. The fourth-order valence-electron chi connectivity index (χ4n) is 2.47. The van der Waals surface area contributed by atoms with Crippen molar-refractivity contribution in [1.82, 2.24) is 14.9 Å². The van der Waals surface area contributed by atoms with Crippen molar-refractivity contribution in [3.05, 3.63) is 65.8 Å². The minimum Gasteiger partial charge on any atom is -0.394 e. The van der Waals surface area contributed by atoms with Crippen LogP contribution < -0.4 is 5.32 Å². The molecule has 0 aliphatic carbocycles. The number of carbonyl (C=O) groups excluding carboxylic acids is 1. The maximum Gasteiger partial charge on any atom is 0.272 e. The van der Waals surface area contributed by atoms with Gasteiger partial charge in [0.2, 0.25) is 0 Å². The molecular formula is C20H26N4O2. The molecule has 0 aliphatic heterocycles. The first-order chi connectivity index (χ1) is 12.1. The van der Waals surface area contributed by atoms with Crippen LogP contribution in [-0.2, 0) is 5.41 Å². The van der Waals surface area contributed by atoms with Gasteiger partial charge in [-0.25, -0.2) is 4.98 Å². The first-order valence-electron chi connectivity index (χ1n) is 8.44. The Morgan fingerprint density at radius 1 is 1.42 bits per heavy atom. The van der Waals surface area contributed by atoms with Crippen molar-refractivity contribution >= 4 is 11.7 Å². The minimum atomic E-state index is -0.532. The third-order valence-corrected chi connectivity index (χ3v) is 4.12. The zero-order chi connectivity index (χ0) is 19.5. The van der Waals surface area contributed by atoms with Gasteiger partial charge in [-0.1, -0.05) is 51.6 Å². The first kappa shape index (κ1) is 19.6. The van der Waals surface area contributed by atoms with Gasteiger partial charge in [-0.15, -0.1) is 0 Å². The molecule has 26 heavy (non-hydrogen) atoms. The van der Waals surface area contributed by atoms with Gasteiger partial charge >= 0.3 is 0 Å². The highest BCUT2D eigenvalue weighted by atomic mass is 16.3. The molecule has 6 heteroatoms. The number of rotatable bonds is 5. The summed E-state index contributed by atoms with van der Waals surface area (Å²) in [4.78, 5) is 16.5. The Morgan fingerprint density at radius 3 is 2.69 bits per heavy atom. The summed E-state index contributed by atoms with van der Waals surface area (Å²) < 4.78 is 1.44. The fourth-order valence-corrected chi connectivity index (χ4v) is 2.47. The number of aromatic nitrogens is 2. The molecule has 1 aromatic heterocycles. The lowest BCUT2D eigenvalue weighted by Crippen LogP contribution is -2.31. The van der Waals surface area contributed by atoms with E-state index in [-0.39, 0.29) is 23.6 Å². The van der Waals surface area contributed by atoms with E-state index in [1.54, 1.807) is 6.92 Å². The van der Waals surface area contributed by atoms with Crippen LogP contribution in [0.1, 0.15) is 55.4 Å². The zero-order valence-corrected chi connectivity index (χ0v) is 15.7. The minimum absolute atomic E-state index is 0.0261. The molecule has 1 amide bonds. The van der Waals surface area contributed by atoms with E-state index in [9.17, 15) is 9.90 Å². The number of nitrogens with one attached hydrogen (secondary N) is 2. The van der Waals surface area contributed by atoms with Gasteiger partial charge in [0.25, 0.3) is 5.91 Å². The van der Waals surface area contributed by atoms with Crippen LogP contribution in [0.5, 0.6) is 0 Å². The molecule has 2 rings (SSSR count). The quantitative estimate of drug-likeness (QED) is 0.569. The predicted octanol–water partition coefficient (Wildman–Crippen LogP) is 3.05. The number of amides is 1. The number of aliphatic hydroxyl groups is 1. The Morgan fingerprint density at radius 2 is 2.12 bits per heavy atom. The number of nitrogens with zero attached hydrogens (tertiary/aromatic N) is 2. The topological polar surface area (TPSA) is 91.0 Å². The molecule has 0 spiro atoms. The van der Waals surface area contributed by atoms with Crippen LogP contribution >= 0.6 is 0 Å². The molecule has 3 N–H and O–H groups in total. The van der Waals surface area contributed by atoms with Crippen LogP contribution in [-0.4, -0.2) is 33.0 Å². The van der Waals surface area contributed by atoms with E-state index in [0.29, 0.717) is 5.57 Å². The van der Waals surface area contributed by atoms with Crippen LogP contribution in [0, 0.1) is 5.41 Å². The second-order valence-corrected chi connectivity index (χ2v) is 7.38. The van der Waals surface area contributed by atoms with E-state index in [1.165, 1.54) is 17.1 Å². The maximum absolute atomic E-state index is 12.5. The molecule has 0 bridgehead atoms. The molecule has 0 saturated heterocycles. The standard InChI is InChI=1S/C20H26N4O2/c1-13(2)18(21)24-10-16(22-12-24)19(26)23-17(11-25)14-7-6-8-15(9-14)20(3,4)5/h6-10,12,17,21,25H,1,11H2,2-5H3,(H,23,26). The Bertz CT molecular complexity index is 830. The van der Waals surface area contributed by atoms with Gasteiger partial charge < -0.3 is 10.4 Å². The van der Waals surface area contributed by atoms with Crippen LogP contribution in [0.15, 0.2) is 48.9 Å². The molecule has 2 aromatic rings.